The predicted octanol–water partition coefficient (Wildman–Crippen LogP) is 4.87. The van der Waals surface area contributed by atoms with E-state index in [0.29, 0.717) is 25.1 Å². The number of carbonyl (C=O) groups excluding carboxylic acids is 1. The Labute approximate surface area is 160 Å². The van der Waals surface area contributed by atoms with E-state index in [9.17, 15) is 9.59 Å². The number of carboxylic acid groups (broad SMARTS) is 1. The smallest absolute Gasteiger partial charge is 0.335 e. The molecule has 0 atom stereocenters. The van der Waals surface area contributed by atoms with Crippen molar-refractivity contribution in [3.8, 4) is 5.75 Å². The van der Waals surface area contributed by atoms with Gasteiger partial charge in [-0.3, -0.25) is 4.79 Å². The van der Waals surface area contributed by atoms with Gasteiger partial charge in [0, 0.05) is 12.1 Å². The van der Waals surface area contributed by atoms with Crippen LogP contribution in [0.15, 0.2) is 48.5 Å². The molecule has 0 unspecified atom stereocenters. The first-order valence-corrected chi connectivity index (χ1v) is 9.18. The van der Waals surface area contributed by atoms with E-state index in [-0.39, 0.29) is 16.9 Å². The van der Waals surface area contributed by atoms with Crippen molar-refractivity contribution >= 4 is 17.6 Å². The van der Waals surface area contributed by atoms with Gasteiger partial charge in [-0.1, -0.05) is 39.0 Å². The van der Waals surface area contributed by atoms with E-state index < -0.39 is 5.97 Å². The molecule has 2 aromatic rings. The number of carbonyl (C=O) groups is 2. The van der Waals surface area contributed by atoms with Crippen LogP contribution >= 0.6 is 0 Å². The van der Waals surface area contributed by atoms with Gasteiger partial charge in [-0.05, 0) is 54.2 Å². The van der Waals surface area contributed by atoms with Crippen LogP contribution in [-0.4, -0.2) is 23.6 Å². The summed E-state index contributed by atoms with van der Waals surface area (Å²) in [4.78, 5) is 22.9. The molecular weight excluding hydrogens is 342 g/mol. The van der Waals surface area contributed by atoms with Gasteiger partial charge < -0.3 is 15.2 Å². The Kier molecular flexibility index (Phi) is 6.99. The SMILES string of the molecule is CCC(C)(C)c1ccc(OCCCC(=O)Nc2cccc(C(=O)O)c2)cc1. The summed E-state index contributed by atoms with van der Waals surface area (Å²) in [6.07, 6.45) is 1.95. The molecule has 0 spiro atoms. The molecule has 0 aromatic heterocycles. The van der Waals surface area contributed by atoms with Crippen molar-refractivity contribution in [3.63, 3.8) is 0 Å². The molecule has 5 nitrogen and oxygen atoms in total. The Hall–Kier alpha value is -2.82. The van der Waals surface area contributed by atoms with Gasteiger partial charge in [-0.25, -0.2) is 4.79 Å². The van der Waals surface area contributed by atoms with E-state index in [1.54, 1.807) is 12.1 Å². The highest BCUT2D eigenvalue weighted by Gasteiger charge is 2.17. The highest BCUT2D eigenvalue weighted by atomic mass is 16.5. The molecule has 2 rings (SSSR count). The Balaban J connectivity index is 1.76. The number of hydrogen-bond donors (Lipinski definition) is 2. The fraction of sp³-hybridized carbons (Fsp3) is 0.364. The molecule has 0 aliphatic heterocycles. The summed E-state index contributed by atoms with van der Waals surface area (Å²) in [5.74, 6) is -0.394. The van der Waals surface area contributed by atoms with Crippen LogP contribution in [-0.2, 0) is 10.2 Å². The summed E-state index contributed by atoms with van der Waals surface area (Å²) in [5.41, 5.74) is 2.05. The van der Waals surface area contributed by atoms with E-state index in [1.165, 1.54) is 17.7 Å². The van der Waals surface area contributed by atoms with Crippen molar-refractivity contribution in [1.29, 1.82) is 0 Å². The summed E-state index contributed by atoms with van der Waals surface area (Å²) in [5, 5.41) is 11.7. The van der Waals surface area contributed by atoms with Gasteiger partial charge in [-0.15, -0.1) is 0 Å². The van der Waals surface area contributed by atoms with Gasteiger partial charge in [0.15, 0.2) is 0 Å². The van der Waals surface area contributed by atoms with Gasteiger partial charge in [0.1, 0.15) is 5.75 Å². The molecule has 0 aliphatic carbocycles. The highest BCUT2D eigenvalue weighted by molar-refractivity contribution is 5.93. The van der Waals surface area contributed by atoms with Crippen LogP contribution < -0.4 is 10.1 Å². The maximum atomic E-state index is 12.0. The second kappa shape index (κ2) is 9.21. The molecule has 27 heavy (non-hydrogen) atoms. The normalized spacial score (nSPS) is 11.1. The number of amides is 1. The molecule has 0 fully saturated rings. The van der Waals surface area contributed by atoms with Crippen LogP contribution in [0.2, 0.25) is 0 Å². The quantitative estimate of drug-likeness (QED) is 0.618. The van der Waals surface area contributed by atoms with Crippen molar-refractivity contribution in [2.75, 3.05) is 11.9 Å². The molecule has 2 aromatic carbocycles. The zero-order valence-electron chi connectivity index (χ0n) is 16.1. The average molecular weight is 369 g/mol. The predicted molar refractivity (Wildman–Crippen MR) is 107 cm³/mol. The number of carboxylic acids is 1. The Morgan fingerprint density at radius 1 is 1.11 bits per heavy atom. The Morgan fingerprint density at radius 3 is 2.44 bits per heavy atom. The molecule has 2 N–H and O–H groups in total. The zero-order valence-corrected chi connectivity index (χ0v) is 16.1. The van der Waals surface area contributed by atoms with E-state index in [0.717, 1.165) is 12.2 Å². The maximum absolute atomic E-state index is 12.0. The van der Waals surface area contributed by atoms with E-state index in [1.807, 2.05) is 12.1 Å². The Morgan fingerprint density at radius 2 is 1.81 bits per heavy atom. The first kappa shape index (κ1) is 20.5. The van der Waals surface area contributed by atoms with Gasteiger partial charge in [0.2, 0.25) is 5.91 Å². The summed E-state index contributed by atoms with van der Waals surface area (Å²) < 4.78 is 5.70. The van der Waals surface area contributed by atoms with Crippen LogP contribution in [0.5, 0.6) is 5.75 Å². The van der Waals surface area contributed by atoms with Crippen LogP contribution in [0.25, 0.3) is 0 Å². The third kappa shape index (κ3) is 6.13. The number of benzene rings is 2. The molecular formula is C22H27NO4. The molecule has 0 saturated heterocycles. The molecule has 0 aliphatic rings. The Bertz CT molecular complexity index is 781. The van der Waals surface area contributed by atoms with Crippen LogP contribution in [0.4, 0.5) is 5.69 Å². The molecule has 1 amide bonds. The topological polar surface area (TPSA) is 75.6 Å². The number of nitrogens with one attached hydrogen (secondary N) is 1. The third-order valence-electron chi connectivity index (χ3n) is 4.73. The molecule has 0 bridgehead atoms. The second-order valence-electron chi connectivity index (χ2n) is 7.15. The number of rotatable bonds is 9. The van der Waals surface area contributed by atoms with Gasteiger partial charge in [-0.2, -0.15) is 0 Å². The first-order chi connectivity index (χ1) is 12.8. The number of ether oxygens (including phenoxy) is 1. The molecule has 0 saturated carbocycles. The minimum absolute atomic E-state index is 0.144. The lowest BCUT2D eigenvalue weighted by Gasteiger charge is -2.23. The fourth-order valence-corrected chi connectivity index (χ4v) is 2.58. The van der Waals surface area contributed by atoms with Gasteiger partial charge in [0.25, 0.3) is 0 Å². The van der Waals surface area contributed by atoms with Crippen molar-refractivity contribution < 1.29 is 19.4 Å². The summed E-state index contributed by atoms with van der Waals surface area (Å²) >= 11 is 0. The zero-order chi connectivity index (χ0) is 19.9. The van der Waals surface area contributed by atoms with E-state index in [2.05, 4.69) is 38.2 Å². The standard InChI is InChI=1S/C22H27NO4/c1-4-22(2,3)17-10-12-19(13-11-17)27-14-6-9-20(24)23-18-8-5-7-16(15-18)21(25)26/h5,7-8,10-13,15H,4,6,9,14H2,1-3H3,(H,23,24)(H,25,26). The van der Waals surface area contributed by atoms with Crippen LogP contribution in [0.1, 0.15) is 56.0 Å². The summed E-state index contributed by atoms with van der Waals surface area (Å²) in [6.45, 7) is 7.05. The van der Waals surface area contributed by atoms with Crippen molar-refractivity contribution in [2.45, 2.75) is 45.4 Å². The first-order valence-electron chi connectivity index (χ1n) is 9.18. The monoisotopic (exact) mass is 369 g/mol. The minimum atomic E-state index is -1.02. The average Bonchev–Trinajstić information content (AvgIpc) is 2.66. The van der Waals surface area contributed by atoms with Crippen molar-refractivity contribution in [1.82, 2.24) is 0 Å². The third-order valence-corrected chi connectivity index (χ3v) is 4.73. The number of aromatic carboxylic acids is 1. The largest absolute Gasteiger partial charge is 0.494 e. The summed E-state index contributed by atoms with van der Waals surface area (Å²) in [7, 11) is 0. The van der Waals surface area contributed by atoms with Gasteiger partial charge in [0.05, 0.1) is 12.2 Å². The highest BCUT2D eigenvalue weighted by Crippen LogP contribution is 2.28. The lowest BCUT2D eigenvalue weighted by molar-refractivity contribution is -0.116. The molecule has 0 radical (unpaired) electrons. The van der Waals surface area contributed by atoms with Gasteiger partial charge >= 0.3 is 5.97 Å². The van der Waals surface area contributed by atoms with Crippen molar-refractivity contribution in [3.05, 3.63) is 59.7 Å². The van der Waals surface area contributed by atoms with E-state index in [4.69, 9.17) is 9.84 Å². The van der Waals surface area contributed by atoms with E-state index >= 15 is 0 Å². The molecule has 5 heteroatoms. The molecule has 0 heterocycles. The van der Waals surface area contributed by atoms with Crippen LogP contribution in [0.3, 0.4) is 0 Å². The fourth-order valence-electron chi connectivity index (χ4n) is 2.58. The number of hydrogen-bond acceptors (Lipinski definition) is 3. The van der Waals surface area contributed by atoms with Crippen LogP contribution in [0, 0.1) is 0 Å². The lowest BCUT2D eigenvalue weighted by Crippen LogP contribution is -2.15. The van der Waals surface area contributed by atoms with Crippen molar-refractivity contribution in [2.24, 2.45) is 0 Å². The second-order valence-corrected chi connectivity index (χ2v) is 7.15. The lowest BCUT2D eigenvalue weighted by atomic mass is 9.82. The minimum Gasteiger partial charge on any atom is -0.494 e. The number of anilines is 1. The molecule has 144 valence electrons. The maximum Gasteiger partial charge on any atom is 0.335 e. The summed E-state index contributed by atoms with van der Waals surface area (Å²) in [6, 6.07) is 14.3.